The van der Waals surface area contributed by atoms with Gasteiger partial charge in [0, 0.05) is 10.0 Å². The van der Waals surface area contributed by atoms with Crippen molar-refractivity contribution in [1.29, 1.82) is 0 Å². The summed E-state index contributed by atoms with van der Waals surface area (Å²) in [5.74, 6) is 0. The number of nitro groups is 1. The number of carbonyl (C=O) groups excluding carboxylic acids is 1. The molecule has 1 N–H and O–H groups in total. The lowest BCUT2D eigenvalue weighted by Gasteiger charge is -2.14. The lowest BCUT2D eigenvalue weighted by Crippen LogP contribution is -2.13. The first-order chi connectivity index (χ1) is 8.20. The number of halogens is 4. The summed E-state index contributed by atoms with van der Waals surface area (Å²) in [6.07, 6.45) is -4.85. The summed E-state index contributed by atoms with van der Waals surface area (Å²) in [7, 11) is 0. The molecular weight excluding hydrogens is 321 g/mol. The molecule has 0 unspecified atom stereocenters. The highest BCUT2D eigenvalue weighted by Gasteiger charge is 2.38. The van der Waals surface area contributed by atoms with Crippen molar-refractivity contribution in [3.8, 4) is 0 Å². The average molecular weight is 327 g/mol. The SMILES string of the molecule is Cc1c(Br)cc(C(F)(F)F)c(NC=O)c1[N+](=O)[O-]. The van der Waals surface area contributed by atoms with E-state index in [1.807, 2.05) is 0 Å². The van der Waals surface area contributed by atoms with Crippen molar-refractivity contribution in [2.24, 2.45) is 0 Å². The van der Waals surface area contributed by atoms with Gasteiger partial charge in [-0.2, -0.15) is 13.2 Å². The number of amides is 1. The Morgan fingerprint density at radius 2 is 2.06 bits per heavy atom. The molecule has 98 valence electrons. The van der Waals surface area contributed by atoms with Crippen molar-refractivity contribution in [3.63, 3.8) is 0 Å². The zero-order chi connectivity index (χ0) is 14.1. The molecule has 0 aromatic heterocycles. The van der Waals surface area contributed by atoms with E-state index in [-0.39, 0.29) is 16.4 Å². The monoisotopic (exact) mass is 326 g/mol. The van der Waals surface area contributed by atoms with E-state index in [2.05, 4.69) is 15.9 Å². The molecule has 0 bridgehead atoms. The molecule has 0 atom stereocenters. The Morgan fingerprint density at radius 3 is 2.44 bits per heavy atom. The van der Waals surface area contributed by atoms with Gasteiger partial charge in [-0.25, -0.2) is 0 Å². The first-order valence-electron chi connectivity index (χ1n) is 4.45. The second kappa shape index (κ2) is 4.92. The molecule has 0 aliphatic heterocycles. The van der Waals surface area contributed by atoms with E-state index in [4.69, 9.17) is 0 Å². The molecule has 1 aromatic carbocycles. The number of nitrogens with zero attached hydrogens (tertiary/aromatic N) is 1. The zero-order valence-corrected chi connectivity index (χ0v) is 10.4. The minimum atomic E-state index is -4.81. The molecule has 0 saturated heterocycles. The van der Waals surface area contributed by atoms with Gasteiger partial charge < -0.3 is 5.32 Å². The summed E-state index contributed by atoms with van der Waals surface area (Å²) >= 11 is 2.82. The minimum absolute atomic E-state index is 0.00245. The number of hydrogen-bond donors (Lipinski definition) is 1. The predicted molar refractivity (Wildman–Crippen MR) is 60.2 cm³/mol. The van der Waals surface area contributed by atoms with Crippen molar-refractivity contribution in [1.82, 2.24) is 0 Å². The fourth-order valence-corrected chi connectivity index (χ4v) is 1.81. The predicted octanol–water partition coefficient (Wildman–Crippen LogP) is 3.25. The Balaban J connectivity index is 3.72. The van der Waals surface area contributed by atoms with Crippen LogP contribution in [0.15, 0.2) is 10.5 Å². The van der Waals surface area contributed by atoms with Crippen molar-refractivity contribution in [2.45, 2.75) is 13.1 Å². The molecule has 0 saturated carbocycles. The molecule has 0 heterocycles. The van der Waals surface area contributed by atoms with Crippen LogP contribution in [0.3, 0.4) is 0 Å². The average Bonchev–Trinajstić information content (AvgIpc) is 2.21. The number of carbonyl (C=O) groups is 1. The van der Waals surface area contributed by atoms with Crippen molar-refractivity contribution >= 4 is 33.7 Å². The van der Waals surface area contributed by atoms with Crippen molar-refractivity contribution in [3.05, 3.63) is 31.8 Å². The summed E-state index contributed by atoms with van der Waals surface area (Å²) in [6, 6.07) is 0.689. The Bertz CT molecular complexity index is 517. The zero-order valence-electron chi connectivity index (χ0n) is 8.84. The van der Waals surface area contributed by atoms with Crippen LogP contribution in [0.4, 0.5) is 24.5 Å². The Hall–Kier alpha value is -1.64. The second-order valence-corrected chi connectivity index (χ2v) is 4.13. The van der Waals surface area contributed by atoms with Gasteiger partial charge in [-0.05, 0) is 13.0 Å². The van der Waals surface area contributed by atoms with Crippen LogP contribution in [0.25, 0.3) is 0 Å². The van der Waals surface area contributed by atoms with E-state index in [9.17, 15) is 28.1 Å². The summed E-state index contributed by atoms with van der Waals surface area (Å²) in [4.78, 5) is 20.2. The first kappa shape index (κ1) is 14.4. The maximum absolute atomic E-state index is 12.7. The molecule has 0 radical (unpaired) electrons. The molecule has 18 heavy (non-hydrogen) atoms. The number of anilines is 1. The van der Waals surface area contributed by atoms with Gasteiger partial charge in [-0.1, -0.05) is 15.9 Å². The number of nitrogens with one attached hydrogen (secondary N) is 1. The quantitative estimate of drug-likeness (QED) is 0.526. The molecule has 0 fully saturated rings. The van der Waals surface area contributed by atoms with Gasteiger partial charge in [0.1, 0.15) is 5.69 Å². The van der Waals surface area contributed by atoms with Crippen LogP contribution in [0, 0.1) is 17.0 Å². The Labute approximate surface area is 107 Å². The molecule has 0 aliphatic rings. The molecule has 5 nitrogen and oxygen atoms in total. The first-order valence-corrected chi connectivity index (χ1v) is 5.24. The normalized spacial score (nSPS) is 11.2. The van der Waals surface area contributed by atoms with Gasteiger partial charge in [0.15, 0.2) is 0 Å². The molecule has 1 aromatic rings. The molecule has 1 rings (SSSR count). The molecule has 0 aliphatic carbocycles. The van der Waals surface area contributed by atoms with Crippen LogP contribution in [0.1, 0.15) is 11.1 Å². The van der Waals surface area contributed by atoms with Gasteiger partial charge in [0.05, 0.1) is 10.5 Å². The number of nitro benzene ring substituents is 1. The highest BCUT2D eigenvalue weighted by molar-refractivity contribution is 9.10. The van der Waals surface area contributed by atoms with Gasteiger partial charge >= 0.3 is 6.18 Å². The maximum atomic E-state index is 12.7. The molecular formula is C9H6BrF3N2O3. The van der Waals surface area contributed by atoms with E-state index in [1.54, 1.807) is 5.32 Å². The molecule has 9 heteroatoms. The molecule has 1 amide bonds. The fourth-order valence-electron chi connectivity index (χ4n) is 1.39. The topological polar surface area (TPSA) is 72.2 Å². The molecule has 0 spiro atoms. The van der Waals surface area contributed by atoms with Crippen LogP contribution in [0.2, 0.25) is 0 Å². The number of rotatable bonds is 3. The largest absolute Gasteiger partial charge is 0.418 e. The third-order valence-electron chi connectivity index (χ3n) is 2.18. The Morgan fingerprint density at radius 1 is 1.50 bits per heavy atom. The van der Waals surface area contributed by atoms with Gasteiger partial charge in [0.2, 0.25) is 6.41 Å². The van der Waals surface area contributed by atoms with Crippen molar-refractivity contribution < 1.29 is 22.9 Å². The summed E-state index contributed by atoms with van der Waals surface area (Å²) < 4.78 is 38.1. The van der Waals surface area contributed by atoms with Crippen LogP contribution in [-0.4, -0.2) is 11.3 Å². The Kier molecular flexibility index (Phi) is 3.95. The number of hydrogen-bond acceptors (Lipinski definition) is 3. The van der Waals surface area contributed by atoms with E-state index in [1.165, 1.54) is 6.92 Å². The van der Waals surface area contributed by atoms with E-state index in [0.29, 0.717) is 6.07 Å². The smallest absolute Gasteiger partial charge is 0.322 e. The second-order valence-electron chi connectivity index (χ2n) is 3.27. The van der Waals surface area contributed by atoms with Crippen LogP contribution >= 0.6 is 15.9 Å². The van der Waals surface area contributed by atoms with Crippen LogP contribution in [0.5, 0.6) is 0 Å². The number of benzene rings is 1. The highest BCUT2D eigenvalue weighted by Crippen LogP contribution is 2.43. The van der Waals surface area contributed by atoms with Crippen LogP contribution < -0.4 is 5.32 Å². The number of alkyl halides is 3. The maximum Gasteiger partial charge on any atom is 0.418 e. The van der Waals surface area contributed by atoms with Gasteiger partial charge in [0.25, 0.3) is 5.69 Å². The third kappa shape index (κ3) is 2.61. The summed E-state index contributed by atoms with van der Waals surface area (Å²) in [6.45, 7) is 1.28. The van der Waals surface area contributed by atoms with E-state index < -0.39 is 28.0 Å². The third-order valence-corrected chi connectivity index (χ3v) is 3.01. The highest BCUT2D eigenvalue weighted by atomic mass is 79.9. The van der Waals surface area contributed by atoms with Crippen LogP contribution in [-0.2, 0) is 11.0 Å². The minimum Gasteiger partial charge on any atom is -0.322 e. The standard InChI is InChI=1S/C9H6BrF3N2O3/c1-4-6(10)2-5(9(11,12)13)7(14-3-16)8(4)15(17)18/h2-3H,1H3,(H,14,16). The van der Waals surface area contributed by atoms with E-state index in [0.717, 1.165) is 0 Å². The summed E-state index contributed by atoms with van der Waals surface area (Å²) in [5, 5.41) is 12.5. The van der Waals surface area contributed by atoms with E-state index >= 15 is 0 Å². The van der Waals surface area contributed by atoms with Gasteiger partial charge in [-0.15, -0.1) is 0 Å². The van der Waals surface area contributed by atoms with Crippen molar-refractivity contribution in [2.75, 3.05) is 5.32 Å². The summed E-state index contributed by atoms with van der Waals surface area (Å²) in [5.41, 5.74) is -2.93. The lowest BCUT2D eigenvalue weighted by atomic mass is 10.1. The van der Waals surface area contributed by atoms with Gasteiger partial charge in [-0.3, -0.25) is 14.9 Å². The lowest BCUT2D eigenvalue weighted by molar-refractivity contribution is -0.384. The fraction of sp³-hybridized carbons (Fsp3) is 0.222.